The largest absolute Gasteiger partial charge is 0.370 e. The molecule has 4 N–H and O–H groups in total. The first-order chi connectivity index (χ1) is 11.1. The van der Waals surface area contributed by atoms with Crippen molar-refractivity contribution in [3.63, 3.8) is 0 Å². The van der Waals surface area contributed by atoms with E-state index >= 15 is 0 Å². The highest BCUT2D eigenvalue weighted by molar-refractivity contribution is 7.11. The Morgan fingerprint density at radius 2 is 2.09 bits per heavy atom. The van der Waals surface area contributed by atoms with E-state index in [1.165, 1.54) is 0 Å². The first-order valence-corrected chi connectivity index (χ1v) is 8.13. The molecular formula is C15H20N6OS. The van der Waals surface area contributed by atoms with Crippen LogP contribution in [0.2, 0.25) is 0 Å². The lowest BCUT2D eigenvalue weighted by atomic mass is 10.2. The number of nitrogens with zero attached hydrogens (tertiary/aromatic N) is 3. The minimum atomic E-state index is -0.366. The summed E-state index contributed by atoms with van der Waals surface area (Å²) in [6, 6.07) is 9.28. The third kappa shape index (κ3) is 6.43. The molecular weight excluding hydrogens is 312 g/mol. The summed E-state index contributed by atoms with van der Waals surface area (Å²) in [6.07, 6.45) is 1.62. The van der Waals surface area contributed by atoms with Crippen molar-refractivity contribution in [1.29, 1.82) is 0 Å². The fourth-order valence-corrected chi connectivity index (χ4v) is 2.60. The van der Waals surface area contributed by atoms with E-state index < -0.39 is 0 Å². The fraction of sp³-hybridized carbons (Fsp3) is 0.333. The molecule has 0 bridgehead atoms. The average molecular weight is 332 g/mol. The monoisotopic (exact) mass is 332 g/mol. The van der Waals surface area contributed by atoms with Gasteiger partial charge in [-0.05, 0) is 18.9 Å². The van der Waals surface area contributed by atoms with E-state index in [0.29, 0.717) is 13.1 Å². The molecule has 0 atom stereocenters. The first-order valence-electron chi connectivity index (χ1n) is 7.31. The van der Waals surface area contributed by atoms with Gasteiger partial charge in [0, 0.05) is 19.5 Å². The quantitative estimate of drug-likeness (QED) is 0.424. The SMILES string of the molecule is Cc1nnc(CCCN=C(N)NC(=O)NCc2ccccc2)s1. The Hall–Kier alpha value is -2.48. The van der Waals surface area contributed by atoms with Crippen LogP contribution >= 0.6 is 11.3 Å². The standard InChI is InChI=1S/C15H20N6OS/c1-11-20-21-13(23-11)8-5-9-17-14(16)19-15(22)18-10-12-6-3-2-4-7-12/h2-4,6-7H,5,8-10H2,1H3,(H4,16,17,18,19,22). The number of carbonyl (C=O) groups excluding carboxylic acids is 1. The summed E-state index contributed by atoms with van der Waals surface area (Å²) >= 11 is 1.58. The number of amides is 2. The van der Waals surface area contributed by atoms with Crippen LogP contribution < -0.4 is 16.4 Å². The van der Waals surface area contributed by atoms with Gasteiger partial charge in [-0.15, -0.1) is 21.5 Å². The number of aliphatic imine (C=N–C) groups is 1. The Balaban J connectivity index is 1.64. The Morgan fingerprint density at radius 1 is 1.30 bits per heavy atom. The van der Waals surface area contributed by atoms with Crippen LogP contribution in [0.1, 0.15) is 22.0 Å². The first kappa shape index (κ1) is 16.9. The van der Waals surface area contributed by atoms with E-state index in [1.807, 2.05) is 37.3 Å². The van der Waals surface area contributed by atoms with Crippen molar-refractivity contribution in [2.75, 3.05) is 6.54 Å². The molecule has 0 radical (unpaired) electrons. The normalized spacial score (nSPS) is 11.3. The number of nitrogens with two attached hydrogens (primary N) is 1. The topological polar surface area (TPSA) is 105 Å². The summed E-state index contributed by atoms with van der Waals surface area (Å²) in [6.45, 7) is 2.90. The van der Waals surface area contributed by atoms with Crippen molar-refractivity contribution in [1.82, 2.24) is 20.8 Å². The van der Waals surface area contributed by atoms with E-state index in [4.69, 9.17) is 5.73 Å². The van der Waals surface area contributed by atoms with Gasteiger partial charge in [-0.1, -0.05) is 30.3 Å². The van der Waals surface area contributed by atoms with E-state index in [1.54, 1.807) is 11.3 Å². The van der Waals surface area contributed by atoms with Gasteiger partial charge in [-0.3, -0.25) is 10.3 Å². The maximum Gasteiger partial charge on any atom is 0.321 e. The summed E-state index contributed by atoms with van der Waals surface area (Å²) in [4.78, 5) is 15.8. The molecule has 7 nitrogen and oxygen atoms in total. The molecule has 0 saturated heterocycles. The molecule has 0 fully saturated rings. The van der Waals surface area contributed by atoms with Gasteiger partial charge in [0.2, 0.25) is 0 Å². The van der Waals surface area contributed by atoms with Crippen LogP contribution in [0.5, 0.6) is 0 Å². The number of carbonyl (C=O) groups is 1. The number of urea groups is 1. The van der Waals surface area contributed by atoms with E-state index in [0.717, 1.165) is 28.4 Å². The lowest BCUT2D eigenvalue weighted by Gasteiger charge is -2.07. The number of aryl methyl sites for hydroxylation is 2. The molecule has 2 rings (SSSR count). The van der Waals surface area contributed by atoms with Crippen LogP contribution in [0.25, 0.3) is 0 Å². The molecule has 0 saturated carbocycles. The van der Waals surface area contributed by atoms with Crippen LogP contribution in [0.15, 0.2) is 35.3 Å². The number of benzene rings is 1. The summed E-state index contributed by atoms with van der Waals surface area (Å²) in [7, 11) is 0. The molecule has 0 aliphatic rings. The molecule has 23 heavy (non-hydrogen) atoms. The van der Waals surface area contributed by atoms with Crippen molar-refractivity contribution in [2.24, 2.45) is 10.7 Å². The number of guanidine groups is 1. The third-order valence-corrected chi connectivity index (χ3v) is 3.83. The second-order valence-corrected chi connectivity index (χ2v) is 6.14. The van der Waals surface area contributed by atoms with E-state index in [-0.39, 0.29) is 12.0 Å². The van der Waals surface area contributed by atoms with Gasteiger partial charge in [0.15, 0.2) is 5.96 Å². The molecule has 0 aliphatic carbocycles. The van der Waals surface area contributed by atoms with Crippen molar-refractivity contribution in [3.05, 3.63) is 45.9 Å². The van der Waals surface area contributed by atoms with Gasteiger partial charge in [0.25, 0.3) is 0 Å². The highest BCUT2D eigenvalue weighted by Crippen LogP contribution is 2.09. The minimum absolute atomic E-state index is 0.115. The second-order valence-electron chi connectivity index (χ2n) is 4.88. The highest BCUT2D eigenvalue weighted by atomic mass is 32.1. The van der Waals surface area contributed by atoms with Crippen LogP contribution in [0, 0.1) is 6.92 Å². The van der Waals surface area contributed by atoms with Crippen molar-refractivity contribution in [3.8, 4) is 0 Å². The molecule has 2 aromatic rings. The maximum atomic E-state index is 11.7. The number of rotatable bonds is 6. The lowest BCUT2D eigenvalue weighted by Crippen LogP contribution is -2.43. The molecule has 0 spiro atoms. The molecule has 122 valence electrons. The van der Waals surface area contributed by atoms with Gasteiger partial charge in [-0.2, -0.15) is 0 Å². The molecule has 1 heterocycles. The Bertz CT molecular complexity index is 655. The zero-order valence-corrected chi connectivity index (χ0v) is 13.8. The molecule has 1 aromatic heterocycles. The summed E-state index contributed by atoms with van der Waals surface area (Å²) < 4.78 is 0. The number of hydrogen-bond donors (Lipinski definition) is 3. The van der Waals surface area contributed by atoms with Crippen molar-refractivity contribution >= 4 is 23.3 Å². The molecule has 8 heteroatoms. The van der Waals surface area contributed by atoms with Crippen LogP contribution in [-0.2, 0) is 13.0 Å². The summed E-state index contributed by atoms with van der Waals surface area (Å²) in [5.74, 6) is 0.115. The van der Waals surface area contributed by atoms with Crippen molar-refractivity contribution in [2.45, 2.75) is 26.3 Å². The Morgan fingerprint density at radius 3 is 2.78 bits per heavy atom. The zero-order chi connectivity index (χ0) is 16.5. The van der Waals surface area contributed by atoms with Crippen LogP contribution in [0.4, 0.5) is 4.79 Å². The molecule has 0 aliphatic heterocycles. The summed E-state index contributed by atoms with van der Waals surface area (Å²) in [5.41, 5.74) is 6.70. The minimum Gasteiger partial charge on any atom is -0.370 e. The summed E-state index contributed by atoms with van der Waals surface area (Å²) in [5, 5.41) is 15.2. The van der Waals surface area contributed by atoms with Gasteiger partial charge in [0.1, 0.15) is 10.0 Å². The lowest BCUT2D eigenvalue weighted by molar-refractivity contribution is 0.245. The van der Waals surface area contributed by atoms with Gasteiger partial charge in [0.05, 0.1) is 0 Å². The maximum absolute atomic E-state index is 11.7. The Labute approximate surface area is 139 Å². The van der Waals surface area contributed by atoms with E-state index in [9.17, 15) is 4.79 Å². The predicted octanol–water partition coefficient (Wildman–Crippen LogP) is 1.59. The molecule has 2 amide bonds. The molecule has 0 unspecified atom stereocenters. The average Bonchev–Trinajstić information content (AvgIpc) is 2.96. The number of hydrogen-bond acceptors (Lipinski definition) is 5. The fourth-order valence-electron chi connectivity index (χ4n) is 1.85. The van der Waals surface area contributed by atoms with Crippen LogP contribution in [0.3, 0.4) is 0 Å². The zero-order valence-electron chi connectivity index (χ0n) is 13.0. The van der Waals surface area contributed by atoms with Crippen molar-refractivity contribution < 1.29 is 4.79 Å². The Kier molecular flexibility index (Phi) is 6.49. The smallest absolute Gasteiger partial charge is 0.321 e. The van der Waals surface area contributed by atoms with Gasteiger partial charge in [-0.25, -0.2) is 4.79 Å². The number of nitrogens with one attached hydrogen (secondary N) is 2. The second kappa shape index (κ2) is 8.84. The van der Waals surface area contributed by atoms with Gasteiger partial charge >= 0.3 is 6.03 Å². The third-order valence-electron chi connectivity index (χ3n) is 2.94. The highest BCUT2D eigenvalue weighted by Gasteiger charge is 2.03. The van der Waals surface area contributed by atoms with E-state index in [2.05, 4.69) is 25.8 Å². The van der Waals surface area contributed by atoms with Crippen LogP contribution in [-0.4, -0.2) is 28.7 Å². The predicted molar refractivity (Wildman–Crippen MR) is 91.3 cm³/mol. The van der Waals surface area contributed by atoms with Gasteiger partial charge < -0.3 is 11.1 Å². The number of aromatic nitrogens is 2. The molecule has 1 aromatic carbocycles.